The van der Waals surface area contributed by atoms with Gasteiger partial charge in [0.25, 0.3) is 0 Å². The fourth-order valence-corrected chi connectivity index (χ4v) is 1.92. The third-order valence-electron chi connectivity index (χ3n) is 2.65. The zero-order valence-corrected chi connectivity index (χ0v) is 9.54. The van der Waals surface area contributed by atoms with E-state index in [1.807, 2.05) is 0 Å². The van der Waals surface area contributed by atoms with Crippen molar-refractivity contribution in [2.45, 2.75) is 44.7 Å². The van der Waals surface area contributed by atoms with Crippen molar-refractivity contribution in [1.29, 1.82) is 0 Å². The molecule has 0 amide bonds. The lowest BCUT2D eigenvalue weighted by molar-refractivity contribution is -0.346. The fourth-order valence-electron chi connectivity index (χ4n) is 1.92. The first kappa shape index (κ1) is 11.8. The number of methoxy groups -OCH3 is 1. The monoisotopic (exact) mass is 232 g/mol. The van der Waals surface area contributed by atoms with Gasteiger partial charge in [0.2, 0.25) is 0 Å². The average Bonchev–Trinajstić information content (AvgIpc) is 2.27. The van der Waals surface area contributed by atoms with Crippen LogP contribution in [-0.4, -0.2) is 50.6 Å². The number of esters is 1. The van der Waals surface area contributed by atoms with Crippen molar-refractivity contribution in [3.8, 4) is 0 Å². The van der Waals surface area contributed by atoms with Crippen molar-refractivity contribution >= 4 is 5.97 Å². The van der Waals surface area contributed by atoms with E-state index < -0.39 is 24.5 Å². The Bertz CT molecular complexity index is 268. The maximum Gasteiger partial charge on any atom is 0.337 e. The van der Waals surface area contributed by atoms with E-state index >= 15 is 0 Å². The minimum absolute atomic E-state index is 0.288. The number of carbonyl (C=O) groups excluding carboxylic acids is 1. The smallest absolute Gasteiger partial charge is 0.337 e. The van der Waals surface area contributed by atoms with Gasteiger partial charge in [-0.2, -0.15) is 0 Å². The second kappa shape index (κ2) is 4.67. The summed E-state index contributed by atoms with van der Waals surface area (Å²) in [6.45, 7) is 3.89. The van der Waals surface area contributed by atoms with Crippen LogP contribution in [0.2, 0.25) is 0 Å². The second-order valence-electron chi connectivity index (χ2n) is 3.82. The Morgan fingerprint density at radius 2 is 1.94 bits per heavy atom. The highest BCUT2D eigenvalue weighted by atomic mass is 16.8. The highest BCUT2D eigenvalue weighted by Crippen LogP contribution is 2.27. The van der Waals surface area contributed by atoms with Crippen LogP contribution in [0.5, 0.6) is 0 Å². The molecule has 0 N–H and O–H groups in total. The molecular formula is C10H16O6. The third-order valence-corrected chi connectivity index (χ3v) is 2.65. The summed E-state index contributed by atoms with van der Waals surface area (Å²) in [5, 5.41) is 0. The van der Waals surface area contributed by atoms with Gasteiger partial charge in [0, 0.05) is 0 Å². The lowest BCUT2D eigenvalue weighted by Gasteiger charge is -2.43. The van der Waals surface area contributed by atoms with Crippen molar-refractivity contribution in [3.05, 3.63) is 0 Å². The fraction of sp³-hybridized carbons (Fsp3) is 0.900. The molecule has 0 bridgehead atoms. The zero-order valence-electron chi connectivity index (χ0n) is 9.54. The molecule has 2 rings (SSSR count). The minimum atomic E-state index is -0.745. The molecule has 16 heavy (non-hydrogen) atoms. The van der Waals surface area contributed by atoms with Gasteiger partial charge in [0.15, 0.2) is 18.7 Å². The highest BCUT2D eigenvalue weighted by molar-refractivity contribution is 5.75. The van der Waals surface area contributed by atoms with Gasteiger partial charge < -0.3 is 23.7 Å². The number of hydrogen-bond donors (Lipinski definition) is 0. The normalized spacial score (nSPS) is 43.6. The number of hydrogen-bond acceptors (Lipinski definition) is 6. The quantitative estimate of drug-likeness (QED) is 0.595. The summed E-state index contributed by atoms with van der Waals surface area (Å²) in [5.74, 6) is -0.445. The van der Waals surface area contributed by atoms with Gasteiger partial charge in [-0.05, 0) is 13.8 Å². The van der Waals surface area contributed by atoms with E-state index in [0.717, 1.165) is 0 Å². The number of ether oxygens (including phenoxy) is 5. The highest BCUT2D eigenvalue weighted by Gasteiger charge is 2.46. The molecule has 2 heterocycles. The largest absolute Gasteiger partial charge is 0.467 e. The van der Waals surface area contributed by atoms with E-state index in [1.165, 1.54) is 7.11 Å². The Kier molecular flexibility index (Phi) is 3.44. The molecule has 0 aromatic heterocycles. The van der Waals surface area contributed by atoms with Gasteiger partial charge in [0.1, 0.15) is 12.2 Å². The van der Waals surface area contributed by atoms with Crippen LogP contribution in [0.3, 0.4) is 0 Å². The van der Waals surface area contributed by atoms with Crippen molar-refractivity contribution in [3.63, 3.8) is 0 Å². The molecule has 0 aromatic carbocycles. The van der Waals surface area contributed by atoms with Crippen molar-refractivity contribution in [2.75, 3.05) is 13.7 Å². The number of carbonyl (C=O) groups is 1. The molecule has 0 saturated carbocycles. The lowest BCUT2D eigenvalue weighted by atomic mass is 10.1. The first-order valence-electron chi connectivity index (χ1n) is 5.27. The first-order chi connectivity index (χ1) is 7.61. The van der Waals surface area contributed by atoms with Gasteiger partial charge in [-0.15, -0.1) is 0 Å². The number of rotatable bonds is 1. The van der Waals surface area contributed by atoms with Crippen molar-refractivity contribution in [1.82, 2.24) is 0 Å². The van der Waals surface area contributed by atoms with Gasteiger partial charge >= 0.3 is 5.97 Å². The summed E-state index contributed by atoms with van der Waals surface area (Å²) < 4.78 is 26.3. The Labute approximate surface area is 93.7 Å². The van der Waals surface area contributed by atoms with E-state index in [4.69, 9.17) is 18.9 Å². The molecule has 2 saturated heterocycles. The molecule has 6 nitrogen and oxygen atoms in total. The summed E-state index contributed by atoms with van der Waals surface area (Å²) >= 11 is 0. The molecule has 2 aliphatic rings. The average molecular weight is 232 g/mol. The molecule has 2 fully saturated rings. The van der Waals surface area contributed by atoms with Crippen LogP contribution in [0.15, 0.2) is 0 Å². The second-order valence-corrected chi connectivity index (χ2v) is 3.82. The summed E-state index contributed by atoms with van der Waals surface area (Å²) in [6, 6.07) is 0. The first-order valence-corrected chi connectivity index (χ1v) is 5.27. The Morgan fingerprint density at radius 1 is 1.19 bits per heavy atom. The van der Waals surface area contributed by atoms with Crippen LogP contribution in [0.25, 0.3) is 0 Å². The standard InChI is InChI=1S/C10H16O6/c1-5-13-4-7-8(15-5)9(10(11)12-3)16-6(2)14-7/h5-9H,4H2,1-3H3/t5-,6-,7-,8+,9-/m1/s1. The van der Waals surface area contributed by atoms with Gasteiger partial charge in [0.05, 0.1) is 13.7 Å². The molecule has 0 aliphatic carbocycles. The van der Waals surface area contributed by atoms with Crippen LogP contribution < -0.4 is 0 Å². The predicted octanol–water partition coefficient (Wildman–Crippen LogP) is 0.0508. The summed E-state index contributed by atoms with van der Waals surface area (Å²) in [4.78, 5) is 11.6. The van der Waals surface area contributed by atoms with E-state index in [-0.39, 0.29) is 12.4 Å². The summed E-state index contributed by atoms with van der Waals surface area (Å²) in [7, 11) is 1.32. The van der Waals surface area contributed by atoms with E-state index in [1.54, 1.807) is 13.8 Å². The van der Waals surface area contributed by atoms with E-state index in [0.29, 0.717) is 6.61 Å². The predicted molar refractivity (Wildman–Crippen MR) is 51.5 cm³/mol. The Balaban J connectivity index is 2.12. The van der Waals surface area contributed by atoms with Crippen LogP contribution in [0.1, 0.15) is 13.8 Å². The SMILES string of the molecule is COC(=O)[C@@H]1O[C@H](C)O[C@@H]2CO[C@@H](C)O[C@@H]21. The molecule has 0 aromatic rings. The Hall–Kier alpha value is -0.690. The van der Waals surface area contributed by atoms with Crippen LogP contribution >= 0.6 is 0 Å². The maximum atomic E-state index is 11.6. The van der Waals surface area contributed by atoms with Gasteiger partial charge in [-0.1, -0.05) is 0 Å². The van der Waals surface area contributed by atoms with Crippen LogP contribution in [-0.2, 0) is 28.5 Å². The summed E-state index contributed by atoms with van der Waals surface area (Å²) in [6.07, 6.45) is -2.33. The summed E-state index contributed by atoms with van der Waals surface area (Å²) in [5.41, 5.74) is 0. The molecule has 6 heteroatoms. The van der Waals surface area contributed by atoms with Gasteiger partial charge in [-0.3, -0.25) is 0 Å². The van der Waals surface area contributed by atoms with E-state index in [2.05, 4.69) is 4.74 Å². The van der Waals surface area contributed by atoms with Crippen LogP contribution in [0, 0.1) is 0 Å². The van der Waals surface area contributed by atoms with Gasteiger partial charge in [-0.25, -0.2) is 4.79 Å². The molecule has 2 aliphatic heterocycles. The van der Waals surface area contributed by atoms with E-state index in [9.17, 15) is 4.79 Å². The number of fused-ring (bicyclic) bond motifs is 1. The molecule has 0 radical (unpaired) electrons. The topological polar surface area (TPSA) is 63.2 Å². The van der Waals surface area contributed by atoms with Crippen LogP contribution in [0.4, 0.5) is 0 Å². The molecule has 5 atom stereocenters. The molecular weight excluding hydrogens is 216 g/mol. The van der Waals surface area contributed by atoms with Crippen molar-refractivity contribution in [2.24, 2.45) is 0 Å². The zero-order chi connectivity index (χ0) is 11.7. The third kappa shape index (κ3) is 2.20. The molecule has 0 spiro atoms. The van der Waals surface area contributed by atoms with Crippen molar-refractivity contribution < 1.29 is 28.5 Å². The Morgan fingerprint density at radius 3 is 2.62 bits per heavy atom. The maximum absolute atomic E-state index is 11.6. The lowest BCUT2D eigenvalue weighted by Crippen LogP contribution is -2.59. The minimum Gasteiger partial charge on any atom is -0.467 e. The molecule has 92 valence electrons. The molecule has 0 unspecified atom stereocenters.